The molecule has 1 amide bonds. The van der Waals surface area contributed by atoms with Crippen LogP contribution in [0.2, 0.25) is 5.02 Å². The van der Waals surface area contributed by atoms with E-state index >= 15 is 0 Å². The van der Waals surface area contributed by atoms with Crippen LogP contribution in [0.3, 0.4) is 0 Å². The van der Waals surface area contributed by atoms with Gasteiger partial charge >= 0.3 is 0 Å². The second-order valence-corrected chi connectivity index (χ2v) is 5.66. The van der Waals surface area contributed by atoms with Gasteiger partial charge in [-0.15, -0.1) is 12.4 Å². The second kappa shape index (κ2) is 8.58. The maximum atomic E-state index is 12.4. The van der Waals surface area contributed by atoms with Crippen molar-refractivity contribution in [2.24, 2.45) is 11.1 Å². The van der Waals surface area contributed by atoms with Crippen molar-refractivity contribution in [1.82, 2.24) is 5.32 Å². The number of ether oxygens (including phenoxy) is 2. The van der Waals surface area contributed by atoms with Crippen LogP contribution in [0.1, 0.15) is 18.4 Å². The van der Waals surface area contributed by atoms with Gasteiger partial charge in [0.05, 0.1) is 17.5 Å². The standard InChI is InChI=1S/C15H21ClN2O3.ClH/c1-20-13-3-2-11(8-12(13)16)9-18-14(19)15(10-17)4-6-21-7-5-15;/h2-3,8H,4-7,9-10,17H2,1H3,(H,18,19);1H. The Kier molecular flexibility index (Phi) is 7.42. The summed E-state index contributed by atoms with van der Waals surface area (Å²) < 4.78 is 10.4. The average molecular weight is 349 g/mol. The number of amides is 1. The molecule has 1 saturated heterocycles. The number of nitrogens with one attached hydrogen (secondary N) is 1. The van der Waals surface area contributed by atoms with E-state index in [4.69, 9.17) is 26.8 Å². The minimum absolute atomic E-state index is 0. The molecule has 0 saturated carbocycles. The lowest BCUT2D eigenvalue weighted by molar-refractivity contribution is -0.136. The molecule has 0 radical (unpaired) electrons. The normalized spacial score (nSPS) is 16.5. The highest BCUT2D eigenvalue weighted by Gasteiger charge is 2.38. The zero-order valence-corrected chi connectivity index (χ0v) is 14.1. The molecule has 7 heteroatoms. The van der Waals surface area contributed by atoms with Gasteiger partial charge in [0.1, 0.15) is 5.75 Å². The van der Waals surface area contributed by atoms with Crippen molar-refractivity contribution < 1.29 is 14.3 Å². The first-order chi connectivity index (χ1) is 10.1. The summed E-state index contributed by atoms with van der Waals surface area (Å²) in [5.41, 5.74) is 6.24. The fourth-order valence-electron chi connectivity index (χ4n) is 2.48. The number of carbonyl (C=O) groups is 1. The zero-order chi connectivity index (χ0) is 15.3. The molecule has 3 N–H and O–H groups in total. The lowest BCUT2D eigenvalue weighted by atomic mass is 9.79. The van der Waals surface area contributed by atoms with Crippen LogP contribution in [-0.2, 0) is 16.1 Å². The molecule has 1 aromatic carbocycles. The number of halogens is 2. The van der Waals surface area contributed by atoms with Gasteiger partial charge in [-0.3, -0.25) is 4.79 Å². The van der Waals surface area contributed by atoms with Crippen LogP contribution in [0, 0.1) is 5.41 Å². The van der Waals surface area contributed by atoms with Crippen molar-refractivity contribution in [3.8, 4) is 5.75 Å². The van der Waals surface area contributed by atoms with Gasteiger partial charge in [0.2, 0.25) is 5.91 Å². The van der Waals surface area contributed by atoms with Crippen LogP contribution in [0.4, 0.5) is 0 Å². The molecule has 0 aliphatic carbocycles. The summed E-state index contributed by atoms with van der Waals surface area (Å²) in [4.78, 5) is 12.4. The molecule has 0 spiro atoms. The van der Waals surface area contributed by atoms with Gasteiger partial charge in [-0.2, -0.15) is 0 Å². The highest BCUT2D eigenvalue weighted by Crippen LogP contribution is 2.30. The van der Waals surface area contributed by atoms with Gasteiger partial charge in [-0.05, 0) is 30.5 Å². The Bertz CT molecular complexity index is 506. The maximum absolute atomic E-state index is 12.4. The third-order valence-electron chi connectivity index (χ3n) is 3.99. The van der Waals surface area contributed by atoms with Crippen LogP contribution >= 0.6 is 24.0 Å². The highest BCUT2D eigenvalue weighted by molar-refractivity contribution is 6.32. The van der Waals surface area contributed by atoms with E-state index in [1.54, 1.807) is 19.2 Å². The Morgan fingerprint density at radius 2 is 2.14 bits per heavy atom. The van der Waals surface area contributed by atoms with Crippen molar-refractivity contribution in [1.29, 1.82) is 0 Å². The predicted octanol–water partition coefficient (Wildman–Crippen LogP) is 2.14. The molecule has 1 heterocycles. The molecule has 5 nitrogen and oxygen atoms in total. The topological polar surface area (TPSA) is 73.6 Å². The summed E-state index contributed by atoms with van der Waals surface area (Å²) in [5.74, 6) is 0.606. The molecule has 22 heavy (non-hydrogen) atoms. The van der Waals surface area contributed by atoms with E-state index in [1.165, 1.54) is 0 Å². The van der Waals surface area contributed by atoms with Gasteiger partial charge in [0.15, 0.2) is 0 Å². The molecule has 0 bridgehead atoms. The Balaban J connectivity index is 0.00000242. The predicted molar refractivity (Wildman–Crippen MR) is 88.6 cm³/mol. The minimum Gasteiger partial charge on any atom is -0.495 e. The molecular weight excluding hydrogens is 327 g/mol. The average Bonchev–Trinajstić information content (AvgIpc) is 2.53. The van der Waals surface area contributed by atoms with Gasteiger partial charge in [-0.1, -0.05) is 17.7 Å². The van der Waals surface area contributed by atoms with E-state index in [0.29, 0.717) is 49.9 Å². The molecule has 1 aliphatic rings. The maximum Gasteiger partial charge on any atom is 0.227 e. The van der Waals surface area contributed by atoms with E-state index in [-0.39, 0.29) is 18.3 Å². The Morgan fingerprint density at radius 1 is 1.45 bits per heavy atom. The van der Waals surface area contributed by atoms with E-state index in [2.05, 4.69) is 5.32 Å². The quantitative estimate of drug-likeness (QED) is 0.854. The molecule has 2 rings (SSSR count). The first kappa shape index (κ1) is 19.0. The molecule has 0 atom stereocenters. The first-order valence-electron chi connectivity index (χ1n) is 7.00. The summed E-state index contributed by atoms with van der Waals surface area (Å²) in [6.45, 7) is 1.93. The molecule has 124 valence electrons. The van der Waals surface area contributed by atoms with Crippen molar-refractivity contribution in [3.63, 3.8) is 0 Å². The Hall–Kier alpha value is -1.01. The molecular formula is C15H22Cl2N2O3. The fourth-order valence-corrected chi connectivity index (χ4v) is 2.76. The molecule has 0 aromatic heterocycles. The van der Waals surface area contributed by atoms with Gasteiger partial charge in [0, 0.05) is 26.3 Å². The number of benzene rings is 1. The van der Waals surface area contributed by atoms with Crippen LogP contribution in [0.15, 0.2) is 18.2 Å². The SMILES string of the molecule is COc1ccc(CNC(=O)C2(CN)CCOCC2)cc1Cl.Cl. The number of nitrogens with two attached hydrogens (primary N) is 1. The molecule has 1 aromatic rings. The van der Waals surface area contributed by atoms with Crippen molar-refractivity contribution in [2.75, 3.05) is 26.9 Å². The monoisotopic (exact) mass is 348 g/mol. The second-order valence-electron chi connectivity index (χ2n) is 5.25. The molecule has 0 unspecified atom stereocenters. The Labute approximate surface area is 141 Å². The van der Waals surface area contributed by atoms with Crippen molar-refractivity contribution in [2.45, 2.75) is 19.4 Å². The first-order valence-corrected chi connectivity index (χ1v) is 7.37. The lowest BCUT2D eigenvalue weighted by Crippen LogP contribution is -2.48. The van der Waals surface area contributed by atoms with Crippen molar-refractivity contribution in [3.05, 3.63) is 28.8 Å². The summed E-state index contributed by atoms with van der Waals surface area (Å²) in [6.07, 6.45) is 1.33. The lowest BCUT2D eigenvalue weighted by Gasteiger charge is -2.34. The Morgan fingerprint density at radius 3 is 2.68 bits per heavy atom. The highest BCUT2D eigenvalue weighted by atomic mass is 35.5. The number of hydrogen-bond acceptors (Lipinski definition) is 4. The van der Waals surface area contributed by atoms with E-state index in [9.17, 15) is 4.79 Å². The third kappa shape index (κ3) is 4.26. The third-order valence-corrected chi connectivity index (χ3v) is 4.29. The number of methoxy groups -OCH3 is 1. The minimum atomic E-state index is -0.505. The number of carbonyl (C=O) groups excluding carboxylic acids is 1. The summed E-state index contributed by atoms with van der Waals surface area (Å²) in [7, 11) is 1.57. The summed E-state index contributed by atoms with van der Waals surface area (Å²) in [6, 6.07) is 5.46. The smallest absolute Gasteiger partial charge is 0.227 e. The van der Waals surface area contributed by atoms with Gasteiger partial charge < -0.3 is 20.5 Å². The largest absolute Gasteiger partial charge is 0.495 e. The van der Waals surface area contributed by atoms with Crippen LogP contribution < -0.4 is 15.8 Å². The van der Waals surface area contributed by atoms with E-state index in [1.807, 2.05) is 6.07 Å². The van der Waals surface area contributed by atoms with Crippen molar-refractivity contribution >= 4 is 29.9 Å². The summed E-state index contributed by atoms with van der Waals surface area (Å²) >= 11 is 6.07. The number of hydrogen-bond donors (Lipinski definition) is 2. The van der Waals surface area contributed by atoms with Crippen LogP contribution in [0.25, 0.3) is 0 Å². The molecule has 1 aliphatic heterocycles. The van der Waals surface area contributed by atoms with E-state index < -0.39 is 5.41 Å². The van der Waals surface area contributed by atoms with Gasteiger partial charge in [-0.25, -0.2) is 0 Å². The van der Waals surface area contributed by atoms with Gasteiger partial charge in [0.25, 0.3) is 0 Å². The number of rotatable bonds is 5. The van der Waals surface area contributed by atoms with Crippen LogP contribution in [0.5, 0.6) is 5.75 Å². The summed E-state index contributed by atoms with van der Waals surface area (Å²) in [5, 5.41) is 3.48. The molecule has 1 fully saturated rings. The van der Waals surface area contributed by atoms with Crippen LogP contribution in [-0.4, -0.2) is 32.8 Å². The van der Waals surface area contributed by atoms with E-state index in [0.717, 1.165) is 5.56 Å². The fraction of sp³-hybridized carbons (Fsp3) is 0.533. The zero-order valence-electron chi connectivity index (χ0n) is 12.6.